The zero-order chi connectivity index (χ0) is 25.2. The minimum Gasteiger partial charge on any atom is -0.760 e. The summed E-state index contributed by atoms with van der Waals surface area (Å²) in [4.78, 5) is 17.0. The molecule has 0 saturated heterocycles. The average molecular weight is 509 g/mol. The molecule has 4 rings (SSSR count). The van der Waals surface area contributed by atoms with Gasteiger partial charge in [-0.1, -0.05) is 12.1 Å². The van der Waals surface area contributed by atoms with Crippen LogP contribution in [0, 0.1) is 0 Å². The highest BCUT2D eigenvalue weighted by Crippen LogP contribution is 2.38. The molecule has 0 bridgehead atoms. The number of halogens is 3. The van der Waals surface area contributed by atoms with E-state index in [1.54, 1.807) is 18.2 Å². The van der Waals surface area contributed by atoms with Gasteiger partial charge in [-0.3, -0.25) is 8.78 Å². The first kappa shape index (κ1) is 24.3. The molecular weight excluding hydrogens is 493 g/mol. The van der Waals surface area contributed by atoms with Gasteiger partial charge in [-0.05, 0) is 18.2 Å². The molecule has 1 atom stereocenters. The van der Waals surface area contributed by atoms with Crippen LogP contribution in [0.15, 0.2) is 42.6 Å². The molecule has 0 aliphatic carbocycles. The quantitative estimate of drug-likeness (QED) is 0.356. The third-order valence-electron chi connectivity index (χ3n) is 4.59. The molecule has 3 heterocycles. The summed E-state index contributed by atoms with van der Waals surface area (Å²) in [5, 5.41) is 0. The molecule has 0 fully saturated rings. The van der Waals surface area contributed by atoms with Crippen LogP contribution in [0.3, 0.4) is 0 Å². The first-order chi connectivity index (χ1) is 16.7. The number of imidazole rings is 1. The lowest BCUT2D eigenvalue weighted by Gasteiger charge is -2.16. The Morgan fingerprint density at radius 3 is 2.37 bits per heavy atom. The fraction of sp³-hybridized carbons (Fsp3) is 0.200. The minimum atomic E-state index is -4.94. The Balaban J connectivity index is 1.99. The van der Waals surface area contributed by atoms with Crippen molar-refractivity contribution in [2.45, 2.75) is 12.9 Å². The first-order valence-electron chi connectivity index (χ1n) is 9.72. The molecule has 15 heteroatoms. The molecule has 0 aliphatic rings. The Bertz CT molecular complexity index is 1380. The minimum absolute atomic E-state index is 0.0137. The molecule has 1 aromatic carbocycles. The summed E-state index contributed by atoms with van der Waals surface area (Å²) in [6.45, 7) is -0.157. The zero-order valence-corrected chi connectivity index (χ0v) is 18.9. The maximum absolute atomic E-state index is 12.8. The number of alkyl halides is 3. The van der Waals surface area contributed by atoms with E-state index < -0.39 is 23.5 Å². The molecule has 3 aromatic heterocycles. The molecular formula is C20H16F3N6O5S-. The second-order valence-corrected chi connectivity index (χ2v) is 7.51. The summed E-state index contributed by atoms with van der Waals surface area (Å²) in [6.07, 6.45) is -3.62. The number of rotatable bonds is 8. The number of aromatic nitrogens is 5. The molecule has 0 saturated carbocycles. The number of nitrogens with zero attached hydrogens (tertiary/aromatic N) is 5. The van der Waals surface area contributed by atoms with Gasteiger partial charge < -0.3 is 18.8 Å². The van der Waals surface area contributed by atoms with Crippen LogP contribution in [-0.2, 0) is 17.8 Å². The van der Waals surface area contributed by atoms with Gasteiger partial charge in [-0.15, -0.1) is 13.2 Å². The summed E-state index contributed by atoms with van der Waals surface area (Å²) >= 11 is -2.53. The molecule has 4 aromatic rings. The van der Waals surface area contributed by atoms with Crippen LogP contribution in [0.4, 0.5) is 13.2 Å². The monoisotopic (exact) mass is 509 g/mol. The van der Waals surface area contributed by atoms with Crippen molar-refractivity contribution in [3.8, 4) is 34.6 Å². The normalized spacial score (nSPS) is 12.5. The Labute approximate surface area is 198 Å². The Morgan fingerprint density at radius 1 is 1.06 bits per heavy atom. The van der Waals surface area contributed by atoms with E-state index in [0.29, 0.717) is 17.2 Å². The summed E-state index contributed by atoms with van der Waals surface area (Å²) < 4.78 is 78.7. The van der Waals surface area contributed by atoms with Crippen molar-refractivity contribution in [2.24, 2.45) is 0 Å². The van der Waals surface area contributed by atoms with Gasteiger partial charge in [-0.2, -0.15) is 0 Å². The molecule has 0 amide bonds. The van der Waals surface area contributed by atoms with Crippen molar-refractivity contribution < 1.29 is 36.1 Å². The van der Waals surface area contributed by atoms with Gasteiger partial charge in [0.25, 0.3) is 0 Å². The van der Waals surface area contributed by atoms with Gasteiger partial charge in [0, 0.05) is 17.3 Å². The molecule has 0 spiro atoms. The van der Waals surface area contributed by atoms with Crippen LogP contribution < -0.4 is 18.9 Å². The summed E-state index contributed by atoms with van der Waals surface area (Å²) in [5.41, 5.74) is 0.864. The second kappa shape index (κ2) is 9.81. The SMILES string of the molecule is COc1cccc(OC)c1-n1c(-c2cccc(OC(F)(F)F)n2)nc2ncc(CNS(=O)[O-])nc21. The van der Waals surface area contributed by atoms with Crippen LogP contribution in [0.2, 0.25) is 0 Å². The van der Waals surface area contributed by atoms with Gasteiger partial charge in [0.15, 0.2) is 17.1 Å². The van der Waals surface area contributed by atoms with E-state index in [9.17, 15) is 21.9 Å². The lowest BCUT2D eigenvalue weighted by atomic mass is 10.2. The van der Waals surface area contributed by atoms with Crippen molar-refractivity contribution in [1.82, 2.24) is 29.2 Å². The van der Waals surface area contributed by atoms with Crippen LogP contribution in [-0.4, -0.2) is 53.8 Å². The Hall–Kier alpha value is -3.82. The number of hydrogen-bond donors (Lipinski definition) is 1. The third kappa shape index (κ3) is 5.31. The largest absolute Gasteiger partial charge is 0.760 e. The predicted octanol–water partition coefficient (Wildman–Crippen LogP) is 2.68. The predicted molar refractivity (Wildman–Crippen MR) is 115 cm³/mol. The summed E-state index contributed by atoms with van der Waals surface area (Å²) in [7, 11) is 2.86. The molecule has 0 aliphatic heterocycles. The lowest BCUT2D eigenvalue weighted by Crippen LogP contribution is -2.18. The van der Waals surface area contributed by atoms with Gasteiger partial charge in [0.1, 0.15) is 22.9 Å². The zero-order valence-electron chi connectivity index (χ0n) is 18.1. The first-order valence-corrected chi connectivity index (χ1v) is 10.8. The number of para-hydroxylation sites is 1. The Morgan fingerprint density at radius 2 is 1.74 bits per heavy atom. The number of fused-ring (bicyclic) bond motifs is 1. The van der Waals surface area contributed by atoms with E-state index in [4.69, 9.17) is 9.47 Å². The van der Waals surface area contributed by atoms with Crippen molar-refractivity contribution >= 4 is 22.6 Å². The van der Waals surface area contributed by atoms with Crippen molar-refractivity contribution in [3.63, 3.8) is 0 Å². The topological polar surface area (TPSA) is 136 Å². The molecule has 35 heavy (non-hydrogen) atoms. The highest BCUT2D eigenvalue weighted by molar-refractivity contribution is 7.77. The van der Waals surface area contributed by atoms with Crippen molar-refractivity contribution in [3.05, 3.63) is 48.3 Å². The van der Waals surface area contributed by atoms with Crippen LogP contribution in [0.25, 0.3) is 28.5 Å². The third-order valence-corrected chi connectivity index (χ3v) is 4.97. The van der Waals surface area contributed by atoms with Gasteiger partial charge >= 0.3 is 6.36 Å². The maximum Gasteiger partial charge on any atom is 0.574 e. The van der Waals surface area contributed by atoms with Crippen LogP contribution in [0.1, 0.15) is 5.69 Å². The van der Waals surface area contributed by atoms with Crippen LogP contribution >= 0.6 is 0 Å². The summed E-state index contributed by atoms with van der Waals surface area (Å²) in [6, 6.07) is 8.78. The van der Waals surface area contributed by atoms with Gasteiger partial charge in [0.2, 0.25) is 5.88 Å². The molecule has 1 unspecified atom stereocenters. The maximum atomic E-state index is 12.8. The lowest BCUT2D eigenvalue weighted by molar-refractivity contribution is -0.276. The highest BCUT2D eigenvalue weighted by Gasteiger charge is 2.32. The summed E-state index contributed by atoms with van der Waals surface area (Å²) in [5.74, 6) is 0.0365. The average Bonchev–Trinajstić information content (AvgIpc) is 3.19. The van der Waals surface area contributed by atoms with Gasteiger partial charge in [0.05, 0.1) is 32.7 Å². The van der Waals surface area contributed by atoms with E-state index in [1.807, 2.05) is 0 Å². The number of nitrogens with one attached hydrogen (secondary N) is 1. The van der Waals surface area contributed by atoms with E-state index in [0.717, 1.165) is 6.07 Å². The second-order valence-electron chi connectivity index (χ2n) is 6.76. The number of hydrogen-bond acceptors (Lipinski definition) is 9. The van der Waals surface area contributed by atoms with E-state index >= 15 is 0 Å². The molecule has 11 nitrogen and oxygen atoms in total. The van der Waals surface area contributed by atoms with Crippen molar-refractivity contribution in [2.75, 3.05) is 14.2 Å². The number of pyridine rings is 1. The molecule has 184 valence electrons. The van der Waals surface area contributed by atoms with E-state index in [-0.39, 0.29) is 35.1 Å². The molecule has 1 N–H and O–H groups in total. The number of methoxy groups -OCH3 is 2. The van der Waals surface area contributed by atoms with E-state index in [1.165, 1.54) is 37.1 Å². The van der Waals surface area contributed by atoms with Crippen molar-refractivity contribution in [1.29, 1.82) is 0 Å². The smallest absolute Gasteiger partial charge is 0.574 e. The fourth-order valence-electron chi connectivity index (χ4n) is 3.26. The van der Waals surface area contributed by atoms with Crippen LogP contribution in [0.5, 0.6) is 17.4 Å². The fourth-order valence-corrected chi connectivity index (χ4v) is 3.52. The molecule has 0 radical (unpaired) electrons. The Kier molecular flexibility index (Phi) is 6.81. The highest BCUT2D eigenvalue weighted by atomic mass is 32.2. The van der Waals surface area contributed by atoms with Gasteiger partial charge in [-0.25, -0.2) is 24.7 Å². The number of benzene rings is 1. The number of ether oxygens (including phenoxy) is 3. The van der Waals surface area contributed by atoms with E-state index in [2.05, 4.69) is 29.4 Å². The standard InChI is InChI=1S/C20H17F3N6O5S/c1-32-13-6-4-7-14(33-2)16(13)29-18(12-5-3-8-15(27-12)34-20(21,22)23)28-17-19(29)26-11(9-24-17)10-25-35(30)31/h3-9,25H,10H2,1-2H3,(H,30,31)/p-1.